The van der Waals surface area contributed by atoms with Crippen LogP contribution < -0.4 is 10.9 Å². The fourth-order valence-corrected chi connectivity index (χ4v) is 1.73. The van der Waals surface area contributed by atoms with Crippen LogP contribution in [0, 0.1) is 12.3 Å². The normalized spacial score (nSPS) is 11.9. The molecular weight excluding hydrogens is 282 g/mol. The summed E-state index contributed by atoms with van der Waals surface area (Å²) in [7, 11) is 0. The van der Waals surface area contributed by atoms with Crippen LogP contribution in [0.2, 0.25) is 0 Å². The van der Waals surface area contributed by atoms with E-state index in [1.807, 2.05) is 6.92 Å². The van der Waals surface area contributed by atoms with Crippen molar-refractivity contribution in [1.29, 1.82) is 0 Å². The molecule has 1 aromatic heterocycles. The zero-order valence-electron chi connectivity index (χ0n) is 10.0. The van der Waals surface area contributed by atoms with E-state index in [-0.39, 0.29) is 11.6 Å². The molecule has 17 heavy (non-hydrogen) atoms. The SMILES string of the molecule is C#CC(C)Nc1cnn(CCCC)c(=O)c1Br. The van der Waals surface area contributed by atoms with Gasteiger partial charge in [0.05, 0.1) is 17.9 Å². The van der Waals surface area contributed by atoms with E-state index in [9.17, 15) is 4.79 Å². The van der Waals surface area contributed by atoms with Crippen molar-refractivity contribution in [3.05, 3.63) is 21.0 Å². The summed E-state index contributed by atoms with van der Waals surface area (Å²) in [4.78, 5) is 11.9. The van der Waals surface area contributed by atoms with Crippen LogP contribution in [0.5, 0.6) is 0 Å². The van der Waals surface area contributed by atoms with Crippen molar-refractivity contribution in [3.8, 4) is 12.3 Å². The fraction of sp³-hybridized carbons (Fsp3) is 0.500. The van der Waals surface area contributed by atoms with E-state index in [1.54, 1.807) is 6.20 Å². The second kappa shape index (κ2) is 6.45. The number of unbranched alkanes of at least 4 members (excludes halogenated alkanes) is 1. The van der Waals surface area contributed by atoms with Gasteiger partial charge in [-0.1, -0.05) is 19.3 Å². The number of hydrogen-bond donors (Lipinski definition) is 1. The average molecular weight is 298 g/mol. The van der Waals surface area contributed by atoms with Gasteiger partial charge in [0, 0.05) is 6.54 Å². The Labute approximate surface area is 110 Å². The van der Waals surface area contributed by atoms with Gasteiger partial charge in [-0.15, -0.1) is 6.42 Å². The largest absolute Gasteiger partial charge is 0.369 e. The number of terminal acetylenes is 1. The van der Waals surface area contributed by atoms with Crippen LogP contribution in [0.1, 0.15) is 26.7 Å². The summed E-state index contributed by atoms with van der Waals surface area (Å²) in [6.07, 6.45) is 8.86. The monoisotopic (exact) mass is 297 g/mol. The number of hydrogen-bond acceptors (Lipinski definition) is 3. The topological polar surface area (TPSA) is 46.9 Å². The molecule has 5 heteroatoms. The minimum absolute atomic E-state index is 0.132. The maximum atomic E-state index is 11.9. The van der Waals surface area contributed by atoms with Crippen molar-refractivity contribution in [3.63, 3.8) is 0 Å². The number of rotatable bonds is 5. The highest BCUT2D eigenvalue weighted by Gasteiger charge is 2.09. The number of nitrogens with zero attached hydrogens (tertiary/aromatic N) is 2. The standard InChI is InChI=1S/C12H16BrN3O/c1-4-6-7-16-12(17)11(13)10(8-14-16)15-9(3)5-2/h2,8-9,15H,4,6-7H2,1,3H3. The van der Waals surface area contributed by atoms with Crippen molar-refractivity contribution in [2.24, 2.45) is 0 Å². The molecule has 1 heterocycles. The van der Waals surface area contributed by atoms with Crippen molar-refractivity contribution in [1.82, 2.24) is 9.78 Å². The fourth-order valence-electron chi connectivity index (χ4n) is 1.31. The van der Waals surface area contributed by atoms with E-state index < -0.39 is 0 Å². The lowest BCUT2D eigenvalue weighted by atomic mass is 10.3. The Bertz CT molecular complexity index is 476. The Morgan fingerprint density at radius 1 is 1.71 bits per heavy atom. The molecule has 0 radical (unpaired) electrons. The summed E-state index contributed by atoms with van der Waals surface area (Å²) in [5.41, 5.74) is 0.501. The van der Waals surface area contributed by atoms with Gasteiger partial charge in [-0.3, -0.25) is 4.79 Å². The molecular formula is C12H16BrN3O. The van der Waals surface area contributed by atoms with Crippen LogP contribution in [0.25, 0.3) is 0 Å². The van der Waals surface area contributed by atoms with Gasteiger partial charge in [0.2, 0.25) is 0 Å². The zero-order chi connectivity index (χ0) is 12.8. The van der Waals surface area contributed by atoms with Gasteiger partial charge < -0.3 is 5.32 Å². The molecule has 1 atom stereocenters. The average Bonchev–Trinajstić information content (AvgIpc) is 2.34. The molecule has 0 bridgehead atoms. The number of nitrogens with one attached hydrogen (secondary N) is 1. The Balaban J connectivity index is 2.95. The van der Waals surface area contributed by atoms with Gasteiger partial charge in [-0.05, 0) is 29.3 Å². The highest BCUT2D eigenvalue weighted by atomic mass is 79.9. The highest BCUT2D eigenvalue weighted by molar-refractivity contribution is 9.10. The van der Waals surface area contributed by atoms with Crippen molar-refractivity contribution < 1.29 is 0 Å². The third-order valence-electron chi connectivity index (χ3n) is 2.33. The van der Waals surface area contributed by atoms with Crippen LogP contribution >= 0.6 is 15.9 Å². The predicted molar refractivity (Wildman–Crippen MR) is 73.0 cm³/mol. The minimum atomic E-state index is -0.140. The Morgan fingerprint density at radius 2 is 2.41 bits per heavy atom. The van der Waals surface area contributed by atoms with Crippen LogP contribution in [-0.4, -0.2) is 15.8 Å². The van der Waals surface area contributed by atoms with Gasteiger partial charge in [-0.25, -0.2) is 4.68 Å². The molecule has 0 amide bonds. The van der Waals surface area contributed by atoms with E-state index in [0.717, 1.165) is 12.8 Å². The molecule has 1 rings (SSSR count). The lowest BCUT2D eigenvalue weighted by molar-refractivity contribution is 0.541. The second-order valence-electron chi connectivity index (χ2n) is 3.79. The quantitative estimate of drug-likeness (QED) is 0.848. The molecule has 0 aliphatic rings. The van der Waals surface area contributed by atoms with Crippen LogP contribution in [0.15, 0.2) is 15.5 Å². The predicted octanol–water partition coefficient (Wildman–Crippen LogP) is 2.24. The lowest BCUT2D eigenvalue weighted by Gasteiger charge is -2.12. The molecule has 1 aromatic rings. The van der Waals surface area contributed by atoms with E-state index >= 15 is 0 Å². The Kier molecular flexibility index (Phi) is 5.23. The molecule has 0 fully saturated rings. The maximum Gasteiger partial charge on any atom is 0.283 e. The van der Waals surface area contributed by atoms with Gasteiger partial charge in [0.15, 0.2) is 0 Å². The lowest BCUT2D eigenvalue weighted by Crippen LogP contribution is -2.25. The van der Waals surface area contributed by atoms with Crippen molar-refractivity contribution in [2.75, 3.05) is 5.32 Å². The summed E-state index contributed by atoms with van der Waals surface area (Å²) in [5, 5.41) is 7.13. The van der Waals surface area contributed by atoms with Crippen LogP contribution in [0.4, 0.5) is 5.69 Å². The third kappa shape index (κ3) is 3.60. The van der Waals surface area contributed by atoms with Gasteiger partial charge in [0.1, 0.15) is 4.47 Å². The third-order valence-corrected chi connectivity index (χ3v) is 3.10. The summed E-state index contributed by atoms with van der Waals surface area (Å²) in [5.74, 6) is 2.54. The number of aryl methyl sites for hydroxylation is 1. The van der Waals surface area contributed by atoms with Gasteiger partial charge in [0.25, 0.3) is 5.56 Å². The molecule has 0 spiro atoms. The van der Waals surface area contributed by atoms with Crippen LogP contribution in [0.3, 0.4) is 0 Å². The summed E-state index contributed by atoms with van der Waals surface area (Å²) in [6, 6.07) is -0.140. The zero-order valence-corrected chi connectivity index (χ0v) is 11.6. The number of anilines is 1. The first-order valence-corrected chi connectivity index (χ1v) is 6.37. The van der Waals surface area contributed by atoms with Gasteiger partial charge >= 0.3 is 0 Å². The van der Waals surface area contributed by atoms with E-state index in [0.29, 0.717) is 16.7 Å². The van der Waals surface area contributed by atoms with Crippen LogP contribution in [-0.2, 0) is 6.54 Å². The molecule has 0 aromatic carbocycles. The summed E-state index contributed by atoms with van der Waals surface area (Å²) < 4.78 is 1.94. The first-order chi connectivity index (χ1) is 8.10. The first-order valence-electron chi connectivity index (χ1n) is 5.58. The Hall–Kier alpha value is -1.28. The van der Waals surface area contributed by atoms with E-state index in [2.05, 4.69) is 39.2 Å². The van der Waals surface area contributed by atoms with E-state index in [4.69, 9.17) is 6.42 Å². The number of aromatic nitrogens is 2. The maximum absolute atomic E-state index is 11.9. The molecule has 0 aliphatic heterocycles. The summed E-state index contributed by atoms with van der Waals surface area (Å²) >= 11 is 3.28. The Morgan fingerprint density at radius 3 is 3.00 bits per heavy atom. The van der Waals surface area contributed by atoms with Gasteiger partial charge in [-0.2, -0.15) is 5.10 Å². The first kappa shape index (κ1) is 13.8. The summed E-state index contributed by atoms with van der Waals surface area (Å²) in [6.45, 7) is 4.55. The highest BCUT2D eigenvalue weighted by Crippen LogP contribution is 2.16. The molecule has 4 nitrogen and oxygen atoms in total. The number of halogens is 1. The van der Waals surface area contributed by atoms with Crippen molar-refractivity contribution in [2.45, 2.75) is 39.3 Å². The molecule has 0 aliphatic carbocycles. The molecule has 0 saturated carbocycles. The molecule has 1 unspecified atom stereocenters. The van der Waals surface area contributed by atoms with Crippen molar-refractivity contribution >= 4 is 21.6 Å². The second-order valence-corrected chi connectivity index (χ2v) is 4.58. The smallest absolute Gasteiger partial charge is 0.283 e. The minimum Gasteiger partial charge on any atom is -0.369 e. The molecule has 0 saturated heterocycles. The molecule has 1 N–H and O–H groups in total. The van der Waals surface area contributed by atoms with E-state index in [1.165, 1.54) is 4.68 Å². The molecule has 92 valence electrons.